The van der Waals surface area contributed by atoms with E-state index >= 15 is 0 Å². The van der Waals surface area contributed by atoms with Gasteiger partial charge in [0.05, 0.1) is 19.3 Å². The molecule has 1 aromatic rings. The lowest BCUT2D eigenvalue weighted by Crippen LogP contribution is -2.23. The molecule has 0 saturated heterocycles. The van der Waals surface area contributed by atoms with Gasteiger partial charge in [0.25, 0.3) is 0 Å². The van der Waals surface area contributed by atoms with E-state index in [1.807, 2.05) is 6.92 Å². The highest BCUT2D eigenvalue weighted by Gasteiger charge is 2.10. The standard InChI is InChI=1S/C16H30N2O2/c1-12(2)17-10-15-9-16(20-14(15)5)11-18(6)7-8-19-13(3)4/h9,12-13,17H,7-8,10-11H2,1-6H3. The largest absolute Gasteiger partial charge is 0.465 e. The first kappa shape index (κ1) is 17.2. The molecule has 1 N–H and O–H groups in total. The highest BCUT2D eigenvalue weighted by Crippen LogP contribution is 2.16. The maximum Gasteiger partial charge on any atom is 0.118 e. The van der Waals surface area contributed by atoms with Crippen LogP contribution in [-0.4, -0.2) is 37.2 Å². The lowest BCUT2D eigenvalue weighted by molar-refractivity contribution is 0.0616. The first-order valence-electron chi connectivity index (χ1n) is 7.50. The molecule has 0 aliphatic heterocycles. The van der Waals surface area contributed by atoms with E-state index in [1.54, 1.807) is 0 Å². The van der Waals surface area contributed by atoms with Crippen LogP contribution in [0, 0.1) is 6.92 Å². The van der Waals surface area contributed by atoms with Gasteiger partial charge in [0.2, 0.25) is 0 Å². The number of nitrogens with one attached hydrogen (secondary N) is 1. The van der Waals surface area contributed by atoms with Gasteiger partial charge in [-0.1, -0.05) is 13.8 Å². The Morgan fingerprint density at radius 2 is 2.00 bits per heavy atom. The third kappa shape index (κ3) is 6.55. The minimum Gasteiger partial charge on any atom is -0.465 e. The van der Waals surface area contributed by atoms with Crippen molar-refractivity contribution < 1.29 is 9.15 Å². The third-order valence-electron chi connectivity index (χ3n) is 3.12. The lowest BCUT2D eigenvalue weighted by atomic mass is 10.2. The van der Waals surface area contributed by atoms with E-state index < -0.39 is 0 Å². The maximum atomic E-state index is 5.82. The zero-order valence-electron chi connectivity index (χ0n) is 13.8. The lowest BCUT2D eigenvalue weighted by Gasteiger charge is -2.16. The van der Waals surface area contributed by atoms with Gasteiger partial charge < -0.3 is 14.5 Å². The number of rotatable bonds is 9. The molecule has 4 heteroatoms. The van der Waals surface area contributed by atoms with E-state index in [4.69, 9.17) is 9.15 Å². The van der Waals surface area contributed by atoms with Crippen LogP contribution < -0.4 is 5.32 Å². The summed E-state index contributed by atoms with van der Waals surface area (Å²) in [6.45, 7) is 13.8. The Morgan fingerprint density at radius 3 is 2.60 bits per heavy atom. The Kier molecular flexibility index (Phi) is 7.27. The fourth-order valence-electron chi connectivity index (χ4n) is 1.94. The predicted molar refractivity (Wildman–Crippen MR) is 82.8 cm³/mol. The van der Waals surface area contributed by atoms with Crippen LogP contribution in [0.15, 0.2) is 10.5 Å². The molecule has 1 rings (SSSR count). The average Bonchev–Trinajstić information content (AvgIpc) is 2.66. The smallest absolute Gasteiger partial charge is 0.118 e. The van der Waals surface area contributed by atoms with Crippen LogP contribution in [0.25, 0.3) is 0 Å². The molecule has 0 atom stereocenters. The highest BCUT2D eigenvalue weighted by molar-refractivity contribution is 5.20. The number of likely N-dealkylation sites (N-methyl/N-ethyl adjacent to an activating group) is 1. The number of furan rings is 1. The minimum atomic E-state index is 0.294. The van der Waals surface area contributed by atoms with Crippen molar-refractivity contribution >= 4 is 0 Å². The average molecular weight is 282 g/mol. The van der Waals surface area contributed by atoms with Gasteiger partial charge >= 0.3 is 0 Å². The summed E-state index contributed by atoms with van der Waals surface area (Å²) in [7, 11) is 2.09. The predicted octanol–water partition coefficient (Wildman–Crippen LogP) is 2.94. The third-order valence-corrected chi connectivity index (χ3v) is 3.12. The van der Waals surface area contributed by atoms with Gasteiger partial charge in [-0.15, -0.1) is 0 Å². The molecule has 0 aromatic carbocycles. The molecule has 116 valence electrons. The summed E-state index contributed by atoms with van der Waals surface area (Å²) in [5, 5.41) is 3.42. The Labute approximate surface area is 123 Å². The van der Waals surface area contributed by atoms with E-state index in [9.17, 15) is 0 Å². The van der Waals surface area contributed by atoms with Gasteiger partial charge in [0.1, 0.15) is 11.5 Å². The summed E-state index contributed by atoms with van der Waals surface area (Å²) in [6.07, 6.45) is 0.294. The van der Waals surface area contributed by atoms with E-state index in [1.165, 1.54) is 5.56 Å². The molecule has 0 bridgehead atoms. The van der Waals surface area contributed by atoms with Gasteiger partial charge in [-0.3, -0.25) is 4.90 Å². The second-order valence-corrected chi connectivity index (χ2v) is 5.99. The van der Waals surface area contributed by atoms with Crippen molar-refractivity contribution in [2.75, 3.05) is 20.2 Å². The van der Waals surface area contributed by atoms with Crippen molar-refractivity contribution in [3.05, 3.63) is 23.2 Å². The number of aryl methyl sites for hydroxylation is 1. The van der Waals surface area contributed by atoms with Crippen molar-refractivity contribution in [1.29, 1.82) is 0 Å². The molecule has 0 fully saturated rings. The molecular weight excluding hydrogens is 252 g/mol. The number of hydrogen-bond donors (Lipinski definition) is 1. The molecule has 0 amide bonds. The second kappa shape index (κ2) is 8.45. The van der Waals surface area contributed by atoms with Crippen LogP contribution in [0.3, 0.4) is 0 Å². The zero-order chi connectivity index (χ0) is 15.1. The van der Waals surface area contributed by atoms with Crippen LogP contribution in [0.5, 0.6) is 0 Å². The maximum absolute atomic E-state index is 5.82. The molecule has 0 unspecified atom stereocenters. The number of nitrogens with zero attached hydrogens (tertiary/aromatic N) is 1. The van der Waals surface area contributed by atoms with Crippen molar-refractivity contribution in [1.82, 2.24) is 10.2 Å². The monoisotopic (exact) mass is 282 g/mol. The summed E-state index contributed by atoms with van der Waals surface area (Å²) >= 11 is 0. The Balaban J connectivity index is 2.41. The highest BCUT2D eigenvalue weighted by atomic mass is 16.5. The van der Waals surface area contributed by atoms with Crippen LogP contribution in [0.1, 0.15) is 44.8 Å². The number of hydrogen-bond acceptors (Lipinski definition) is 4. The van der Waals surface area contributed by atoms with Gasteiger partial charge in [-0.25, -0.2) is 0 Å². The van der Waals surface area contributed by atoms with E-state index in [2.05, 4.69) is 51.0 Å². The Morgan fingerprint density at radius 1 is 1.30 bits per heavy atom. The van der Waals surface area contributed by atoms with E-state index in [0.717, 1.165) is 37.8 Å². The summed E-state index contributed by atoms with van der Waals surface area (Å²) < 4.78 is 11.4. The van der Waals surface area contributed by atoms with Crippen LogP contribution in [-0.2, 0) is 17.8 Å². The zero-order valence-corrected chi connectivity index (χ0v) is 13.8. The summed E-state index contributed by atoms with van der Waals surface area (Å²) in [4.78, 5) is 2.22. The van der Waals surface area contributed by atoms with Crippen LogP contribution in [0.4, 0.5) is 0 Å². The number of ether oxygens (including phenoxy) is 1. The van der Waals surface area contributed by atoms with Gasteiger partial charge in [-0.05, 0) is 33.9 Å². The quantitative estimate of drug-likeness (QED) is 0.755. The fourth-order valence-corrected chi connectivity index (χ4v) is 1.94. The van der Waals surface area contributed by atoms with Crippen molar-refractivity contribution in [2.24, 2.45) is 0 Å². The van der Waals surface area contributed by atoms with Gasteiger partial charge in [0.15, 0.2) is 0 Å². The SMILES string of the molecule is Cc1oc(CN(C)CCOC(C)C)cc1CNC(C)C. The molecule has 0 radical (unpaired) electrons. The van der Waals surface area contributed by atoms with E-state index in [0.29, 0.717) is 12.1 Å². The summed E-state index contributed by atoms with van der Waals surface area (Å²) in [5.41, 5.74) is 1.25. The fraction of sp³-hybridized carbons (Fsp3) is 0.750. The Hall–Kier alpha value is -0.840. The molecule has 1 aromatic heterocycles. The van der Waals surface area contributed by atoms with E-state index in [-0.39, 0.29) is 0 Å². The summed E-state index contributed by atoms with van der Waals surface area (Å²) in [6, 6.07) is 2.65. The minimum absolute atomic E-state index is 0.294. The second-order valence-electron chi connectivity index (χ2n) is 5.99. The summed E-state index contributed by atoms with van der Waals surface area (Å²) in [5.74, 6) is 2.04. The van der Waals surface area contributed by atoms with Gasteiger partial charge in [0, 0.05) is 24.7 Å². The molecular formula is C16H30N2O2. The molecule has 0 saturated carbocycles. The molecule has 1 heterocycles. The van der Waals surface area contributed by atoms with Gasteiger partial charge in [-0.2, -0.15) is 0 Å². The van der Waals surface area contributed by atoms with Crippen molar-refractivity contribution in [3.63, 3.8) is 0 Å². The first-order chi connectivity index (χ1) is 9.38. The van der Waals surface area contributed by atoms with Crippen molar-refractivity contribution in [3.8, 4) is 0 Å². The van der Waals surface area contributed by atoms with Crippen LogP contribution >= 0.6 is 0 Å². The molecule has 0 spiro atoms. The topological polar surface area (TPSA) is 37.6 Å². The molecule has 0 aliphatic carbocycles. The van der Waals surface area contributed by atoms with Crippen LogP contribution in [0.2, 0.25) is 0 Å². The molecule has 0 aliphatic rings. The van der Waals surface area contributed by atoms with Crippen molar-refractivity contribution in [2.45, 2.75) is 59.9 Å². The normalized spacial score (nSPS) is 12.1. The molecule has 20 heavy (non-hydrogen) atoms. The Bertz CT molecular complexity index is 386. The molecule has 4 nitrogen and oxygen atoms in total. The first-order valence-corrected chi connectivity index (χ1v) is 7.50.